The van der Waals surface area contributed by atoms with E-state index in [1.54, 1.807) is 12.1 Å². The van der Waals surface area contributed by atoms with Crippen molar-refractivity contribution in [1.82, 2.24) is 4.90 Å². The molecule has 1 N–H and O–H groups in total. The number of benzene rings is 2. The molecule has 0 atom stereocenters. The zero-order valence-electron chi connectivity index (χ0n) is 19.9. The second-order valence-corrected chi connectivity index (χ2v) is 9.47. The highest BCUT2D eigenvalue weighted by Gasteiger charge is 2.36. The average molecular weight is 539 g/mol. The lowest BCUT2D eigenvalue weighted by Gasteiger charge is -2.13. The van der Waals surface area contributed by atoms with Crippen LogP contribution < -0.4 is 5.32 Å². The number of thioether (sulfide) groups is 1. The van der Waals surface area contributed by atoms with E-state index in [4.69, 9.17) is 20.8 Å². The standard InChI is InChI=1S/C27H23ClN2O6S/c1-2-3-13-35-26(33)20-14-18(9-11-21(20)28)29-24(31)16-30-25(32)23(37-27(30)34)15-19-10-12-22(36-19)17-7-5-4-6-8-17/h4-12,14-15H,2-3,13,16H2,1H3,(H,29,31)/b23-15-. The number of unbranched alkanes of at least 4 members (excludes halogenated alkanes) is 1. The first-order valence-electron chi connectivity index (χ1n) is 11.5. The summed E-state index contributed by atoms with van der Waals surface area (Å²) in [6, 6.07) is 17.3. The molecule has 37 heavy (non-hydrogen) atoms. The smallest absolute Gasteiger partial charge is 0.339 e. The van der Waals surface area contributed by atoms with Gasteiger partial charge in [0.05, 0.1) is 22.1 Å². The molecule has 0 radical (unpaired) electrons. The van der Waals surface area contributed by atoms with Gasteiger partial charge in [-0.15, -0.1) is 0 Å². The molecule has 1 aliphatic heterocycles. The van der Waals surface area contributed by atoms with Gasteiger partial charge in [-0.25, -0.2) is 4.79 Å². The van der Waals surface area contributed by atoms with Crippen molar-refractivity contribution < 1.29 is 28.3 Å². The fraction of sp³-hybridized carbons (Fsp3) is 0.185. The second kappa shape index (κ2) is 11.9. The van der Waals surface area contributed by atoms with Crippen LogP contribution in [-0.4, -0.2) is 41.1 Å². The van der Waals surface area contributed by atoms with Crippen molar-refractivity contribution >= 4 is 58.1 Å². The number of carbonyl (C=O) groups excluding carboxylic acids is 4. The molecule has 0 aliphatic carbocycles. The van der Waals surface area contributed by atoms with Crippen molar-refractivity contribution in [2.45, 2.75) is 19.8 Å². The number of rotatable bonds is 9. The number of nitrogens with one attached hydrogen (secondary N) is 1. The second-order valence-electron chi connectivity index (χ2n) is 8.07. The highest BCUT2D eigenvalue weighted by atomic mass is 35.5. The Morgan fingerprint density at radius 2 is 1.89 bits per heavy atom. The first kappa shape index (κ1) is 26.2. The van der Waals surface area contributed by atoms with E-state index in [-0.39, 0.29) is 27.8 Å². The van der Waals surface area contributed by atoms with Gasteiger partial charge in [-0.05, 0) is 48.5 Å². The van der Waals surface area contributed by atoms with Crippen molar-refractivity contribution in [2.75, 3.05) is 18.5 Å². The van der Waals surface area contributed by atoms with Gasteiger partial charge in [-0.3, -0.25) is 19.3 Å². The van der Waals surface area contributed by atoms with Crippen LogP contribution in [0.15, 0.2) is 70.0 Å². The number of anilines is 1. The Hall–Kier alpha value is -3.82. The van der Waals surface area contributed by atoms with Crippen LogP contribution in [0.3, 0.4) is 0 Å². The lowest BCUT2D eigenvalue weighted by Crippen LogP contribution is -2.36. The molecule has 2 heterocycles. The van der Waals surface area contributed by atoms with Crippen molar-refractivity contribution in [3.8, 4) is 11.3 Å². The van der Waals surface area contributed by atoms with Crippen LogP contribution in [0.5, 0.6) is 0 Å². The van der Waals surface area contributed by atoms with Crippen molar-refractivity contribution in [1.29, 1.82) is 0 Å². The number of imide groups is 1. The molecule has 0 spiro atoms. The van der Waals surface area contributed by atoms with E-state index in [0.717, 1.165) is 35.1 Å². The maximum Gasteiger partial charge on any atom is 0.339 e. The fourth-order valence-corrected chi connectivity index (χ4v) is 4.46. The summed E-state index contributed by atoms with van der Waals surface area (Å²) in [6.07, 6.45) is 3.07. The Labute approximate surface area is 222 Å². The minimum absolute atomic E-state index is 0.109. The number of halogens is 1. The third-order valence-corrected chi connectivity index (χ3v) is 6.57. The Morgan fingerprint density at radius 3 is 2.65 bits per heavy atom. The van der Waals surface area contributed by atoms with Crippen LogP contribution in [0.2, 0.25) is 5.02 Å². The molecule has 4 rings (SSSR count). The molecule has 3 aromatic rings. The van der Waals surface area contributed by atoms with Gasteiger partial charge in [0.1, 0.15) is 18.1 Å². The lowest BCUT2D eigenvalue weighted by atomic mass is 10.2. The Morgan fingerprint density at radius 1 is 1.11 bits per heavy atom. The molecule has 1 aliphatic rings. The van der Waals surface area contributed by atoms with Crippen molar-refractivity contribution in [3.05, 3.63) is 81.9 Å². The van der Waals surface area contributed by atoms with Gasteiger partial charge in [-0.2, -0.15) is 0 Å². The van der Waals surface area contributed by atoms with Crippen LogP contribution in [0.1, 0.15) is 35.9 Å². The van der Waals surface area contributed by atoms with E-state index < -0.39 is 29.6 Å². The molecule has 2 aromatic carbocycles. The van der Waals surface area contributed by atoms with E-state index in [0.29, 0.717) is 11.5 Å². The normalized spacial score (nSPS) is 14.3. The molecule has 0 bridgehead atoms. The third-order valence-electron chi connectivity index (χ3n) is 5.33. The molecule has 8 nitrogen and oxygen atoms in total. The van der Waals surface area contributed by atoms with Crippen molar-refractivity contribution in [3.63, 3.8) is 0 Å². The lowest BCUT2D eigenvalue weighted by molar-refractivity contribution is -0.127. The summed E-state index contributed by atoms with van der Waals surface area (Å²) < 4.78 is 11.0. The van der Waals surface area contributed by atoms with E-state index >= 15 is 0 Å². The predicted octanol–water partition coefficient (Wildman–Crippen LogP) is 6.23. The molecular formula is C27H23ClN2O6S. The van der Waals surface area contributed by atoms with E-state index in [9.17, 15) is 19.2 Å². The minimum Gasteiger partial charge on any atom is -0.462 e. The number of amides is 3. The first-order valence-corrected chi connectivity index (χ1v) is 12.7. The molecule has 0 saturated carbocycles. The number of carbonyl (C=O) groups is 4. The number of hydrogen-bond acceptors (Lipinski definition) is 7. The Kier molecular flexibility index (Phi) is 8.47. The Balaban J connectivity index is 1.40. The van der Waals surface area contributed by atoms with Crippen LogP contribution in [0.25, 0.3) is 17.4 Å². The van der Waals surface area contributed by atoms with Crippen molar-refractivity contribution in [2.24, 2.45) is 0 Å². The average Bonchev–Trinajstić information content (AvgIpc) is 3.46. The molecule has 1 saturated heterocycles. The summed E-state index contributed by atoms with van der Waals surface area (Å²) in [5.74, 6) is -0.769. The highest BCUT2D eigenvalue weighted by Crippen LogP contribution is 2.33. The maximum absolute atomic E-state index is 12.8. The molecule has 3 amide bonds. The van der Waals surface area contributed by atoms with Gasteiger partial charge in [-0.1, -0.05) is 55.3 Å². The molecule has 190 valence electrons. The summed E-state index contributed by atoms with van der Waals surface area (Å²) in [6.45, 7) is 1.75. The van der Waals surface area contributed by atoms with Gasteiger partial charge in [0.25, 0.3) is 11.1 Å². The quantitative estimate of drug-likeness (QED) is 0.195. The van der Waals surface area contributed by atoms with Gasteiger partial charge in [0.2, 0.25) is 5.91 Å². The van der Waals surface area contributed by atoms with Crippen LogP contribution in [0, 0.1) is 0 Å². The van der Waals surface area contributed by atoms with Gasteiger partial charge < -0.3 is 14.5 Å². The molecule has 10 heteroatoms. The Bertz CT molecular complexity index is 1370. The minimum atomic E-state index is -0.611. The monoisotopic (exact) mass is 538 g/mol. The predicted molar refractivity (Wildman–Crippen MR) is 142 cm³/mol. The largest absolute Gasteiger partial charge is 0.462 e. The zero-order chi connectivity index (χ0) is 26.4. The van der Waals surface area contributed by atoms with Gasteiger partial charge in [0.15, 0.2) is 0 Å². The van der Waals surface area contributed by atoms with Crippen LogP contribution in [0.4, 0.5) is 10.5 Å². The number of esters is 1. The van der Waals surface area contributed by atoms with Gasteiger partial charge in [0, 0.05) is 17.3 Å². The van der Waals surface area contributed by atoms with Gasteiger partial charge >= 0.3 is 5.97 Å². The number of hydrogen-bond donors (Lipinski definition) is 1. The van der Waals surface area contributed by atoms with Crippen LogP contribution >= 0.6 is 23.4 Å². The molecular weight excluding hydrogens is 516 g/mol. The maximum atomic E-state index is 12.8. The summed E-state index contributed by atoms with van der Waals surface area (Å²) in [4.78, 5) is 51.1. The van der Waals surface area contributed by atoms with E-state index in [2.05, 4.69) is 5.32 Å². The zero-order valence-corrected chi connectivity index (χ0v) is 21.4. The van der Waals surface area contributed by atoms with E-state index in [1.165, 1.54) is 24.3 Å². The number of nitrogens with zero attached hydrogens (tertiary/aromatic N) is 1. The fourth-order valence-electron chi connectivity index (χ4n) is 3.44. The first-order chi connectivity index (χ1) is 17.9. The third kappa shape index (κ3) is 6.49. The molecule has 0 unspecified atom stereocenters. The summed E-state index contributed by atoms with van der Waals surface area (Å²) in [5, 5.41) is 2.20. The molecule has 1 aromatic heterocycles. The topological polar surface area (TPSA) is 106 Å². The SMILES string of the molecule is CCCCOC(=O)c1cc(NC(=O)CN2C(=O)S/C(=C\c3ccc(-c4ccccc4)o3)C2=O)ccc1Cl. The summed E-state index contributed by atoms with van der Waals surface area (Å²) >= 11 is 6.83. The van der Waals surface area contributed by atoms with E-state index in [1.807, 2.05) is 37.3 Å². The number of ether oxygens (including phenoxy) is 1. The number of furan rings is 1. The molecule has 1 fully saturated rings. The summed E-state index contributed by atoms with van der Waals surface area (Å²) in [5.41, 5.74) is 1.27. The van der Waals surface area contributed by atoms with Crippen LogP contribution in [-0.2, 0) is 14.3 Å². The summed E-state index contributed by atoms with van der Waals surface area (Å²) in [7, 11) is 0. The highest BCUT2D eigenvalue weighted by molar-refractivity contribution is 8.18.